The molecule has 1 saturated heterocycles. The highest BCUT2D eigenvalue weighted by Crippen LogP contribution is 2.24. The van der Waals surface area contributed by atoms with Gasteiger partial charge in [0.05, 0.1) is 23.5 Å². The molecule has 3 unspecified atom stereocenters. The SMILES string of the molecule is CC(C)CN=C(NCC1CCS(=O)(=O)C1)NC1CCCC1C#N.I. The maximum absolute atomic E-state index is 11.6. The topological polar surface area (TPSA) is 94.3 Å². The van der Waals surface area contributed by atoms with Gasteiger partial charge in [0.15, 0.2) is 15.8 Å². The molecule has 138 valence electrons. The Labute approximate surface area is 162 Å². The number of guanidine groups is 1. The van der Waals surface area contributed by atoms with Gasteiger partial charge in [0.2, 0.25) is 0 Å². The number of halogens is 1. The minimum Gasteiger partial charge on any atom is -0.356 e. The van der Waals surface area contributed by atoms with Crippen LogP contribution in [0.5, 0.6) is 0 Å². The van der Waals surface area contributed by atoms with E-state index in [1.165, 1.54) is 0 Å². The number of rotatable bonds is 5. The molecule has 0 aromatic rings. The first-order chi connectivity index (χ1) is 10.9. The van der Waals surface area contributed by atoms with Crippen molar-refractivity contribution in [2.45, 2.75) is 45.6 Å². The Balaban J connectivity index is 0.00000288. The monoisotopic (exact) mass is 468 g/mol. The first kappa shape index (κ1) is 21.5. The average Bonchev–Trinajstić information content (AvgIpc) is 3.07. The second kappa shape index (κ2) is 9.80. The second-order valence-corrected chi connectivity index (χ2v) is 9.38. The van der Waals surface area contributed by atoms with Crippen LogP contribution < -0.4 is 10.6 Å². The zero-order valence-electron chi connectivity index (χ0n) is 14.5. The Bertz CT molecular complexity index is 571. The quantitative estimate of drug-likeness (QED) is 0.365. The van der Waals surface area contributed by atoms with Crippen molar-refractivity contribution in [2.24, 2.45) is 22.7 Å². The summed E-state index contributed by atoms with van der Waals surface area (Å²) in [5.41, 5.74) is 0. The molecule has 0 aromatic carbocycles. The van der Waals surface area contributed by atoms with E-state index in [1.807, 2.05) is 0 Å². The van der Waals surface area contributed by atoms with Crippen molar-refractivity contribution in [1.82, 2.24) is 10.6 Å². The van der Waals surface area contributed by atoms with E-state index in [1.54, 1.807) is 0 Å². The normalized spacial score (nSPS) is 29.1. The number of nitrogens with zero attached hydrogens (tertiary/aromatic N) is 2. The standard InChI is InChI=1S/C16H28N4O2S.HI/c1-12(2)9-18-16(20-15-5-3-4-14(15)8-17)19-10-13-6-7-23(21,22)11-13;/h12-15H,3-7,9-11H2,1-2H3,(H2,18,19,20);1H. The third-order valence-electron chi connectivity index (χ3n) is 4.50. The molecule has 1 aliphatic heterocycles. The molecule has 2 rings (SSSR count). The van der Waals surface area contributed by atoms with Crippen molar-refractivity contribution in [3.8, 4) is 6.07 Å². The van der Waals surface area contributed by atoms with Crippen LogP contribution in [0.1, 0.15) is 39.5 Å². The van der Waals surface area contributed by atoms with E-state index in [2.05, 4.69) is 35.5 Å². The van der Waals surface area contributed by atoms with Gasteiger partial charge in [0, 0.05) is 19.1 Å². The highest BCUT2D eigenvalue weighted by atomic mass is 127. The van der Waals surface area contributed by atoms with Crippen LogP contribution in [0.2, 0.25) is 0 Å². The molecule has 24 heavy (non-hydrogen) atoms. The van der Waals surface area contributed by atoms with Gasteiger partial charge < -0.3 is 10.6 Å². The molecule has 8 heteroatoms. The lowest BCUT2D eigenvalue weighted by molar-refractivity contribution is 0.516. The molecular formula is C16H29IN4O2S. The third-order valence-corrected chi connectivity index (χ3v) is 6.34. The van der Waals surface area contributed by atoms with Crippen LogP contribution in [0.15, 0.2) is 4.99 Å². The summed E-state index contributed by atoms with van der Waals surface area (Å²) in [6.45, 7) is 5.55. The summed E-state index contributed by atoms with van der Waals surface area (Å²) in [6, 6.07) is 2.51. The molecular weight excluding hydrogens is 439 g/mol. The van der Waals surface area contributed by atoms with Crippen molar-refractivity contribution in [3.05, 3.63) is 0 Å². The maximum Gasteiger partial charge on any atom is 0.191 e. The summed E-state index contributed by atoms with van der Waals surface area (Å²) in [5, 5.41) is 15.9. The summed E-state index contributed by atoms with van der Waals surface area (Å²) in [5.74, 6) is 1.92. The van der Waals surface area contributed by atoms with Crippen LogP contribution in [-0.2, 0) is 9.84 Å². The van der Waals surface area contributed by atoms with Gasteiger partial charge in [-0.15, -0.1) is 24.0 Å². The van der Waals surface area contributed by atoms with Gasteiger partial charge >= 0.3 is 0 Å². The smallest absolute Gasteiger partial charge is 0.191 e. The molecule has 1 saturated carbocycles. The van der Waals surface area contributed by atoms with E-state index in [4.69, 9.17) is 0 Å². The van der Waals surface area contributed by atoms with Gasteiger partial charge in [-0.25, -0.2) is 8.42 Å². The van der Waals surface area contributed by atoms with Crippen molar-refractivity contribution < 1.29 is 8.42 Å². The van der Waals surface area contributed by atoms with Gasteiger partial charge in [-0.05, 0) is 37.5 Å². The number of hydrogen-bond acceptors (Lipinski definition) is 4. The summed E-state index contributed by atoms with van der Waals surface area (Å²) >= 11 is 0. The molecule has 0 bridgehead atoms. The predicted octanol–water partition coefficient (Wildman–Crippen LogP) is 1.92. The lowest BCUT2D eigenvalue weighted by Crippen LogP contribution is -2.46. The van der Waals surface area contributed by atoms with Crippen LogP contribution in [0, 0.1) is 29.1 Å². The van der Waals surface area contributed by atoms with Crippen molar-refractivity contribution in [1.29, 1.82) is 5.26 Å². The molecule has 0 spiro atoms. The Morgan fingerprint density at radius 1 is 1.33 bits per heavy atom. The number of sulfone groups is 1. The molecule has 1 heterocycles. The van der Waals surface area contributed by atoms with Gasteiger partial charge in [0.1, 0.15) is 0 Å². The first-order valence-electron chi connectivity index (χ1n) is 8.54. The van der Waals surface area contributed by atoms with Crippen LogP contribution in [0.4, 0.5) is 0 Å². The van der Waals surface area contributed by atoms with E-state index in [0.29, 0.717) is 24.8 Å². The summed E-state index contributed by atoms with van der Waals surface area (Å²) in [4.78, 5) is 4.59. The zero-order chi connectivity index (χ0) is 16.9. The lowest BCUT2D eigenvalue weighted by atomic mass is 10.1. The van der Waals surface area contributed by atoms with Crippen LogP contribution >= 0.6 is 24.0 Å². The summed E-state index contributed by atoms with van der Waals surface area (Å²) < 4.78 is 23.1. The number of nitriles is 1. The molecule has 6 nitrogen and oxygen atoms in total. The second-order valence-electron chi connectivity index (χ2n) is 7.15. The van der Waals surface area contributed by atoms with Crippen molar-refractivity contribution >= 4 is 39.8 Å². The maximum atomic E-state index is 11.6. The number of aliphatic imine (C=N–C) groups is 1. The first-order valence-corrected chi connectivity index (χ1v) is 10.4. The molecule has 2 aliphatic rings. The van der Waals surface area contributed by atoms with Crippen molar-refractivity contribution in [2.75, 3.05) is 24.6 Å². The minimum atomic E-state index is -2.85. The molecule has 1 aliphatic carbocycles. The average molecular weight is 468 g/mol. The van der Waals surface area contributed by atoms with E-state index >= 15 is 0 Å². The predicted molar refractivity (Wildman–Crippen MR) is 107 cm³/mol. The van der Waals surface area contributed by atoms with Gasteiger partial charge in [-0.3, -0.25) is 4.99 Å². The molecule has 2 fully saturated rings. The summed E-state index contributed by atoms with van der Waals surface area (Å²) in [6.07, 6.45) is 3.70. The number of hydrogen-bond donors (Lipinski definition) is 2. The summed E-state index contributed by atoms with van der Waals surface area (Å²) in [7, 11) is -2.85. The molecule has 0 aromatic heterocycles. The van der Waals surface area contributed by atoms with Gasteiger partial charge in [-0.1, -0.05) is 13.8 Å². The van der Waals surface area contributed by atoms with Crippen LogP contribution in [0.3, 0.4) is 0 Å². The van der Waals surface area contributed by atoms with Crippen LogP contribution in [0.25, 0.3) is 0 Å². The molecule has 0 amide bonds. The Hall–Kier alpha value is -0.560. The Kier molecular flexibility index (Phi) is 8.77. The van der Waals surface area contributed by atoms with E-state index in [0.717, 1.165) is 31.6 Å². The highest BCUT2D eigenvalue weighted by Gasteiger charge is 2.30. The molecule has 0 radical (unpaired) electrons. The minimum absolute atomic E-state index is 0. The zero-order valence-corrected chi connectivity index (χ0v) is 17.6. The van der Waals surface area contributed by atoms with E-state index in [-0.39, 0.29) is 47.6 Å². The molecule has 3 atom stereocenters. The van der Waals surface area contributed by atoms with Gasteiger partial charge in [-0.2, -0.15) is 5.26 Å². The third kappa shape index (κ3) is 6.75. The Morgan fingerprint density at radius 2 is 2.08 bits per heavy atom. The lowest BCUT2D eigenvalue weighted by Gasteiger charge is -2.21. The van der Waals surface area contributed by atoms with Gasteiger partial charge in [0.25, 0.3) is 0 Å². The largest absolute Gasteiger partial charge is 0.356 e. The fourth-order valence-corrected chi connectivity index (χ4v) is 5.03. The van der Waals surface area contributed by atoms with E-state index in [9.17, 15) is 13.7 Å². The van der Waals surface area contributed by atoms with Crippen LogP contribution in [-0.4, -0.2) is 45.0 Å². The fourth-order valence-electron chi connectivity index (χ4n) is 3.16. The fraction of sp³-hybridized carbons (Fsp3) is 0.875. The Morgan fingerprint density at radius 3 is 2.67 bits per heavy atom. The van der Waals surface area contributed by atoms with E-state index < -0.39 is 9.84 Å². The number of nitrogens with one attached hydrogen (secondary N) is 2. The van der Waals surface area contributed by atoms with Crippen molar-refractivity contribution in [3.63, 3.8) is 0 Å². The highest BCUT2D eigenvalue weighted by molar-refractivity contribution is 14.0. The molecule has 2 N–H and O–H groups in total.